The Balaban J connectivity index is 1.96. The molecule has 5 aromatic rings. The van der Waals surface area contributed by atoms with E-state index in [0.717, 1.165) is 38.6 Å². The lowest BCUT2D eigenvalue weighted by Crippen LogP contribution is -1.93. The van der Waals surface area contributed by atoms with Crippen molar-refractivity contribution in [2.45, 2.75) is 6.92 Å². The molecule has 0 unspecified atom stereocenters. The van der Waals surface area contributed by atoms with Crippen molar-refractivity contribution in [2.24, 2.45) is 7.05 Å². The van der Waals surface area contributed by atoms with Gasteiger partial charge in [0, 0.05) is 46.2 Å². The maximum atomic E-state index is 10.0. The molecule has 3 aromatic carbocycles. The molecule has 5 rings (SSSR count). The number of nitrogens with zero attached hydrogens (tertiary/aromatic N) is 2. The Kier molecular flexibility index (Phi) is 3.19. The molecule has 2 heterocycles. The summed E-state index contributed by atoms with van der Waals surface area (Å²) in [6.07, 6.45) is 1.86. The number of fused-ring (bicyclic) bond motifs is 4. The molecule has 4 heteroatoms. The van der Waals surface area contributed by atoms with E-state index in [1.165, 1.54) is 16.5 Å². The molecule has 132 valence electrons. The van der Waals surface area contributed by atoms with Gasteiger partial charge in [0.1, 0.15) is 5.75 Å². The highest BCUT2D eigenvalue weighted by Crippen LogP contribution is 2.38. The third-order valence-electron chi connectivity index (χ3n) is 5.44. The topological polar surface area (TPSA) is 64.1 Å². The summed E-state index contributed by atoms with van der Waals surface area (Å²) in [7, 11) is 2.07. The van der Waals surface area contributed by atoms with Crippen molar-refractivity contribution < 1.29 is 5.11 Å². The van der Waals surface area contributed by atoms with E-state index in [4.69, 9.17) is 5.73 Å². The number of hydrogen-bond acceptors (Lipinski definition) is 3. The van der Waals surface area contributed by atoms with Crippen LogP contribution >= 0.6 is 0 Å². The van der Waals surface area contributed by atoms with Crippen LogP contribution in [0.4, 0.5) is 5.69 Å². The van der Waals surface area contributed by atoms with Crippen LogP contribution in [0.1, 0.15) is 5.56 Å². The van der Waals surface area contributed by atoms with Gasteiger partial charge in [-0.1, -0.05) is 12.1 Å². The number of nitrogens with two attached hydrogens (primary N) is 1. The maximum absolute atomic E-state index is 10.0. The van der Waals surface area contributed by atoms with E-state index >= 15 is 0 Å². The highest BCUT2D eigenvalue weighted by molar-refractivity contribution is 6.16. The summed E-state index contributed by atoms with van der Waals surface area (Å²) in [5.41, 5.74) is 12.1. The Hall–Kier alpha value is -3.53. The van der Waals surface area contributed by atoms with Crippen molar-refractivity contribution in [1.82, 2.24) is 9.55 Å². The van der Waals surface area contributed by atoms with Crippen LogP contribution in [0.25, 0.3) is 43.8 Å². The van der Waals surface area contributed by atoms with E-state index in [0.29, 0.717) is 0 Å². The van der Waals surface area contributed by atoms with E-state index in [-0.39, 0.29) is 5.75 Å². The number of aryl methyl sites for hydroxylation is 2. The number of aromatic hydroxyl groups is 1. The first-order valence-electron chi connectivity index (χ1n) is 8.90. The van der Waals surface area contributed by atoms with Gasteiger partial charge in [0.2, 0.25) is 0 Å². The SMILES string of the molecule is Cc1c2ccnc(-c3ccc(N)cc3)c2cc2c3cc(O)ccc3n(C)c12. The quantitative estimate of drug-likeness (QED) is 0.410. The lowest BCUT2D eigenvalue weighted by Gasteiger charge is -2.11. The molecule has 0 bridgehead atoms. The largest absolute Gasteiger partial charge is 0.508 e. The smallest absolute Gasteiger partial charge is 0.116 e. The Morgan fingerprint density at radius 2 is 1.67 bits per heavy atom. The second-order valence-corrected chi connectivity index (χ2v) is 7.03. The minimum Gasteiger partial charge on any atom is -0.508 e. The van der Waals surface area contributed by atoms with E-state index < -0.39 is 0 Å². The molecule has 0 aliphatic heterocycles. The van der Waals surface area contributed by atoms with Crippen molar-refractivity contribution in [3.63, 3.8) is 0 Å². The van der Waals surface area contributed by atoms with Crippen molar-refractivity contribution >= 4 is 38.3 Å². The van der Waals surface area contributed by atoms with Crippen molar-refractivity contribution in [2.75, 3.05) is 5.73 Å². The zero-order chi connectivity index (χ0) is 18.7. The van der Waals surface area contributed by atoms with E-state index in [2.05, 4.69) is 35.7 Å². The van der Waals surface area contributed by atoms with Crippen LogP contribution < -0.4 is 5.73 Å². The summed E-state index contributed by atoms with van der Waals surface area (Å²) in [5, 5.41) is 14.5. The van der Waals surface area contributed by atoms with E-state index in [9.17, 15) is 5.11 Å². The van der Waals surface area contributed by atoms with Gasteiger partial charge in [-0.15, -0.1) is 0 Å². The standard InChI is InChI=1S/C23H19N3O/c1-13-17-9-10-25-22(14-3-5-15(24)6-4-14)19(17)12-20-18-11-16(27)7-8-21(18)26(2)23(13)20/h3-12,27H,24H2,1-2H3. The van der Waals surface area contributed by atoms with Crippen molar-refractivity contribution in [1.29, 1.82) is 0 Å². The van der Waals surface area contributed by atoms with Gasteiger partial charge in [-0.05, 0) is 60.3 Å². The normalized spacial score (nSPS) is 11.6. The summed E-state index contributed by atoms with van der Waals surface area (Å²) in [5.74, 6) is 0.276. The molecule has 0 fully saturated rings. The monoisotopic (exact) mass is 353 g/mol. The molecule has 0 atom stereocenters. The van der Waals surface area contributed by atoms with Crippen LogP contribution in [-0.4, -0.2) is 14.7 Å². The molecule has 0 saturated carbocycles. The zero-order valence-electron chi connectivity index (χ0n) is 15.2. The second kappa shape index (κ2) is 5.48. The number of anilines is 1. The fourth-order valence-corrected chi connectivity index (χ4v) is 4.15. The van der Waals surface area contributed by atoms with Crippen LogP contribution in [0, 0.1) is 6.92 Å². The van der Waals surface area contributed by atoms with Crippen molar-refractivity contribution in [3.05, 3.63) is 66.4 Å². The molecule has 0 spiro atoms. The first-order valence-corrected chi connectivity index (χ1v) is 8.90. The molecule has 27 heavy (non-hydrogen) atoms. The number of hydrogen-bond donors (Lipinski definition) is 2. The molecule has 3 N–H and O–H groups in total. The van der Waals surface area contributed by atoms with Gasteiger partial charge in [0.15, 0.2) is 0 Å². The fourth-order valence-electron chi connectivity index (χ4n) is 4.15. The summed E-state index contributed by atoms with van der Waals surface area (Å²) in [6, 6.07) is 17.6. The van der Waals surface area contributed by atoms with Gasteiger partial charge in [-0.3, -0.25) is 4.98 Å². The molecule has 4 nitrogen and oxygen atoms in total. The van der Waals surface area contributed by atoms with Crippen LogP contribution in [0.3, 0.4) is 0 Å². The summed E-state index contributed by atoms with van der Waals surface area (Å²) < 4.78 is 2.20. The van der Waals surface area contributed by atoms with E-state index in [1.54, 1.807) is 6.07 Å². The summed E-state index contributed by atoms with van der Waals surface area (Å²) >= 11 is 0. The van der Waals surface area contributed by atoms with Gasteiger partial charge in [-0.2, -0.15) is 0 Å². The molecule has 0 aliphatic carbocycles. The Labute approximate surface area is 156 Å². The number of rotatable bonds is 1. The van der Waals surface area contributed by atoms with Crippen LogP contribution in [0.5, 0.6) is 5.75 Å². The van der Waals surface area contributed by atoms with Gasteiger partial charge in [-0.25, -0.2) is 0 Å². The number of pyridine rings is 1. The molecule has 2 aromatic heterocycles. The van der Waals surface area contributed by atoms with Gasteiger partial charge < -0.3 is 15.4 Å². The second-order valence-electron chi connectivity index (χ2n) is 7.03. The Bertz CT molecular complexity index is 1350. The molecule has 0 radical (unpaired) electrons. The lowest BCUT2D eigenvalue weighted by molar-refractivity contribution is 0.476. The minimum atomic E-state index is 0.276. The predicted octanol–water partition coefficient (Wildman–Crippen LogP) is 5.14. The first-order chi connectivity index (χ1) is 13.0. The third-order valence-corrected chi connectivity index (χ3v) is 5.44. The lowest BCUT2D eigenvalue weighted by atomic mass is 9.97. The average Bonchev–Trinajstić information content (AvgIpc) is 2.94. The number of aromatic nitrogens is 2. The first kappa shape index (κ1) is 15.7. The van der Waals surface area contributed by atoms with Gasteiger partial charge >= 0.3 is 0 Å². The zero-order valence-corrected chi connectivity index (χ0v) is 15.2. The molecule has 0 amide bonds. The third kappa shape index (κ3) is 2.20. The number of phenolic OH excluding ortho intramolecular Hbond substituents is 1. The van der Waals surface area contributed by atoms with E-state index in [1.807, 2.05) is 42.6 Å². The van der Waals surface area contributed by atoms with Crippen LogP contribution in [0.15, 0.2) is 60.8 Å². The van der Waals surface area contributed by atoms with Crippen LogP contribution in [0.2, 0.25) is 0 Å². The number of nitrogen functional groups attached to an aromatic ring is 1. The Morgan fingerprint density at radius 3 is 2.44 bits per heavy atom. The van der Waals surface area contributed by atoms with Crippen molar-refractivity contribution in [3.8, 4) is 17.0 Å². The number of phenols is 1. The highest BCUT2D eigenvalue weighted by atomic mass is 16.3. The minimum absolute atomic E-state index is 0.276. The molecular weight excluding hydrogens is 334 g/mol. The summed E-state index contributed by atoms with van der Waals surface area (Å²) in [4.78, 5) is 4.66. The molecular formula is C23H19N3O. The average molecular weight is 353 g/mol. The maximum Gasteiger partial charge on any atom is 0.116 e. The Morgan fingerprint density at radius 1 is 0.889 bits per heavy atom. The van der Waals surface area contributed by atoms with Crippen LogP contribution in [-0.2, 0) is 7.05 Å². The van der Waals surface area contributed by atoms with Gasteiger partial charge in [0.25, 0.3) is 0 Å². The predicted molar refractivity (Wildman–Crippen MR) is 112 cm³/mol. The molecule has 0 saturated heterocycles. The van der Waals surface area contributed by atoms with Gasteiger partial charge in [0.05, 0.1) is 11.2 Å². The fraction of sp³-hybridized carbons (Fsp3) is 0.0870. The highest BCUT2D eigenvalue weighted by Gasteiger charge is 2.16. The molecule has 0 aliphatic rings. The summed E-state index contributed by atoms with van der Waals surface area (Å²) in [6.45, 7) is 2.15. The number of benzene rings is 3.